The van der Waals surface area contributed by atoms with Gasteiger partial charge in [0.25, 0.3) is 0 Å². The summed E-state index contributed by atoms with van der Waals surface area (Å²) >= 11 is 1.35. The first-order chi connectivity index (χ1) is 11.6. The molecule has 1 unspecified atom stereocenters. The number of thiophene rings is 1. The van der Waals surface area contributed by atoms with Gasteiger partial charge in [-0.3, -0.25) is 4.68 Å². The van der Waals surface area contributed by atoms with Crippen LogP contribution in [0.1, 0.15) is 34.8 Å². The van der Waals surface area contributed by atoms with Crippen LogP contribution in [0, 0.1) is 6.92 Å². The number of aryl methyl sites for hydroxylation is 1. The molecule has 1 N–H and O–H groups in total. The van der Waals surface area contributed by atoms with E-state index in [-0.39, 0.29) is 12.1 Å². The number of nitrogens with zero attached hydrogens (tertiary/aromatic N) is 3. The SMILES string of the molecule is COC(=O)c1cscc1NC(=O)N1CCCC(n2cc(C)cn2)C1. The standard InChI is InChI=1S/C16H20N4O3S/c1-11-6-17-20(7-11)12-4-3-5-19(8-12)16(22)18-14-10-24-9-13(14)15(21)23-2/h6-7,9-10,12H,3-5,8H2,1-2H3,(H,18,22). The average molecular weight is 348 g/mol. The molecule has 8 heteroatoms. The number of anilines is 1. The third kappa shape index (κ3) is 3.43. The second-order valence-corrected chi connectivity index (χ2v) is 6.60. The van der Waals surface area contributed by atoms with Crippen LogP contribution in [0.25, 0.3) is 0 Å². The van der Waals surface area contributed by atoms with E-state index in [9.17, 15) is 9.59 Å². The highest BCUT2D eigenvalue weighted by atomic mass is 32.1. The topological polar surface area (TPSA) is 76.5 Å². The van der Waals surface area contributed by atoms with E-state index in [0.717, 1.165) is 18.4 Å². The normalized spacial score (nSPS) is 17.6. The number of likely N-dealkylation sites (tertiary alicyclic amines) is 1. The van der Waals surface area contributed by atoms with E-state index in [1.165, 1.54) is 18.4 Å². The molecule has 7 nitrogen and oxygen atoms in total. The molecule has 1 aliphatic heterocycles. The molecule has 2 amide bonds. The maximum atomic E-state index is 12.5. The Morgan fingerprint density at radius 3 is 2.96 bits per heavy atom. The summed E-state index contributed by atoms with van der Waals surface area (Å²) in [5, 5.41) is 10.6. The van der Waals surface area contributed by atoms with Crippen molar-refractivity contribution in [3.05, 3.63) is 34.3 Å². The maximum absolute atomic E-state index is 12.5. The number of carbonyl (C=O) groups excluding carboxylic acids is 2. The summed E-state index contributed by atoms with van der Waals surface area (Å²) in [5.74, 6) is -0.449. The van der Waals surface area contributed by atoms with E-state index in [2.05, 4.69) is 10.4 Å². The Hall–Kier alpha value is -2.35. The van der Waals surface area contributed by atoms with Crippen molar-refractivity contribution in [1.29, 1.82) is 0 Å². The molecule has 1 atom stereocenters. The highest BCUT2D eigenvalue weighted by Crippen LogP contribution is 2.25. The summed E-state index contributed by atoms with van der Waals surface area (Å²) in [5.41, 5.74) is 1.98. The molecule has 0 spiro atoms. The Morgan fingerprint density at radius 1 is 1.42 bits per heavy atom. The summed E-state index contributed by atoms with van der Waals surface area (Å²) in [7, 11) is 1.33. The lowest BCUT2D eigenvalue weighted by Gasteiger charge is -2.32. The van der Waals surface area contributed by atoms with E-state index in [1.807, 2.05) is 24.0 Å². The molecule has 2 aromatic heterocycles. The number of hydrogen-bond donors (Lipinski definition) is 1. The van der Waals surface area contributed by atoms with Crippen molar-refractivity contribution in [2.75, 3.05) is 25.5 Å². The smallest absolute Gasteiger partial charge is 0.340 e. The fraction of sp³-hybridized carbons (Fsp3) is 0.438. The van der Waals surface area contributed by atoms with Crippen LogP contribution >= 0.6 is 11.3 Å². The van der Waals surface area contributed by atoms with Crippen molar-refractivity contribution in [3.8, 4) is 0 Å². The van der Waals surface area contributed by atoms with Gasteiger partial charge in [-0.15, -0.1) is 11.3 Å². The molecular weight excluding hydrogens is 328 g/mol. The quantitative estimate of drug-likeness (QED) is 0.865. The minimum absolute atomic E-state index is 0.181. The largest absolute Gasteiger partial charge is 0.465 e. The predicted molar refractivity (Wildman–Crippen MR) is 91.5 cm³/mol. The molecule has 1 fully saturated rings. The highest BCUT2D eigenvalue weighted by Gasteiger charge is 2.26. The van der Waals surface area contributed by atoms with Gasteiger partial charge >= 0.3 is 12.0 Å². The number of rotatable bonds is 3. The van der Waals surface area contributed by atoms with Gasteiger partial charge in [-0.25, -0.2) is 9.59 Å². The van der Waals surface area contributed by atoms with Crippen molar-refractivity contribution in [3.63, 3.8) is 0 Å². The maximum Gasteiger partial charge on any atom is 0.340 e. The number of esters is 1. The van der Waals surface area contributed by atoms with Gasteiger partial charge in [-0.2, -0.15) is 5.10 Å². The van der Waals surface area contributed by atoms with Crippen LogP contribution in [0.3, 0.4) is 0 Å². The van der Waals surface area contributed by atoms with E-state index in [0.29, 0.717) is 24.3 Å². The van der Waals surface area contributed by atoms with Crippen LogP contribution in [0.5, 0.6) is 0 Å². The molecule has 1 aliphatic rings. The molecule has 3 heterocycles. The summed E-state index contributed by atoms with van der Waals surface area (Å²) < 4.78 is 6.66. The highest BCUT2D eigenvalue weighted by molar-refractivity contribution is 7.08. The lowest BCUT2D eigenvalue weighted by molar-refractivity contribution is 0.0602. The molecule has 3 rings (SSSR count). The van der Waals surface area contributed by atoms with Crippen molar-refractivity contribution in [2.45, 2.75) is 25.8 Å². The van der Waals surface area contributed by atoms with Crippen molar-refractivity contribution >= 4 is 29.0 Å². The van der Waals surface area contributed by atoms with Gasteiger partial charge in [0.15, 0.2) is 0 Å². The number of hydrogen-bond acceptors (Lipinski definition) is 5. The van der Waals surface area contributed by atoms with Crippen LogP contribution in [0.2, 0.25) is 0 Å². The number of nitrogens with one attached hydrogen (secondary N) is 1. The third-order valence-electron chi connectivity index (χ3n) is 4.10. The zero-order valence-corrected chi connectivity index (χ0v) is 14.5. The van der Waals surface area contributed by atoms with Crippen LogP contribution in [-0.2, 0) is 4.74 Å². The van der Waals surface area contributed by atoms with Crippen LogP contribution in [-0.4, -0.2) is 46.9 Å². The summed E-state index contributed by atoms with van der Waals surface area (Å²) in [4.78, 5) is 26.0. The molecule has 0 saturated carbocycles. The fourth-order valence-corrected chi connectivity index (χ4v) is 3.59. The Bertz CT molecular complexity index is 739. The molecule has 0 bridgehead atoms. The van der Waals surface area contributed by atoms with Crippen molar-refractivity contribution in [2.24, 2.45) is 0 Å². The molecule has 0 aromatic carbocycles. The Kier molecular flexibility index (Phi) is 4.84. The van der Waals surface area contributed by atoms with E-state index in [4.69, 9.17) is 4.74 Å². The third-order valence-corrected chi connectivity index (χ3v) is 4.84. The Balaban J connectivity index is 1.67. The van der Waals surface area contributed by atoms with Gasteiger partial charge in [-0.1, -0.05) is 0 Å². The molecule has 1 saturated heterocycles. The molecule has 128 valence electrons. The molecular formula is C16H20N4O3S. The minimum atomic E-state index is -0.449. The van der Waals surface area contributed by atoms with Crippen LogP contribution in [0.4, 0.5) is 10.5 Å². The number of methoxy groups -OCH3 is 1. The molecule has 0 radical (unpaired) electrons. The average Bonchev–Trinajstić information content (AvgIpc) is 3.23. The van der Waals surface area contributed by atoms with Crippen LogP contribution in [0.15, 0.2) is 23.2 Å². The molecule has 2 aromatic rings. The number of aromatic nitrogens is 2. The van der Waals surface area contributed by atoms with Gasteiger partial charge in [0, 0.05) is 30.0 Å². The minimum Gasteiger partial charge on any atom is -0.465 e. The van der Waals surface area contributed by atoms with E-state index >= 15 is 0 Å². The molecule has 24 heavy (non-hydrogen) atoms. The van der Waals surface area contributed by atoms with Gasteiger partial charge in [0.2, 0.25) is 0 Å². The Morgan fingerprint density at radius 2 is 2.25 bits per heavy atom. The summed E-state index contributed by atoms with van der Waals surface area (Å²) in [6.07, 6.45) is 5.74. The fourth-order valence-electron chi connectivity index (χ4n) is 2.84. The van der Waals surface area contributed by atoms with Crippen molar-refractivity contribution < 1.29 is 14.3 Å². The first-order valence-corrected chi connectivity index (χ1v) is 8.74. The summed E-state index contributed by atoms with van der Waals surface area (Å²) in [6.45, 7) is 3.30. The second kappa shape index (κ2) is 7.04. The van der Waals surface area contributed by atoms with Gasteiger partial charge in [-0.05, 0) is 25.3 Å². The number of piperidine rings is 1. The summed E-state index contributed by atoms with van der Waals surface area (Å²) in [6, 6.07) is -0.0205. The van der Waals surface area contributed by atoms with Crippen LogP contribution < -0.4 is 5.32 Å². The van der Waals surface area contributed by atoms with Gasteiger partial charge in [0.05, 0.1) is 30.6 Å². The number of ether oxygens (including phenoxy) is 1. The zero-order valence-electron chi connectivity index (χ0n) is 13.7. The number of urea groups is 1. The lowest BCUT2D eigenvalue weighted by atomic mass is 10.1. The number of carbonyl (C=O) groups is 2. The van der Waals surface area contributed by atoms with E-state index < -0.39 is 5.97 Å². The first-order valence-electron chi connectivity index (χ1n) is 7.79. The first kappa shape index (κ1) is 16.5. The van der Waals surface area contributed by atoms with Crippen molar-refractivity contribution in [1.82, 2.24) is 14.7 Å². The van der Waals surface area contributed by atoms with E-state index in [1.54, 1.807) is 15.7 Å². The number of amides is 2. The Labute approximate surface area is 144 Å². The predicted octanol–water partition coefficient (Wildman–Crippen LogP) is 2.91. The van der Waals surface area contributed by atoms with Gasteiger partial charge in [0.1, 0.15) is 0 Å². The zero-order chi connectivity index (χ0) is 17.1. The molecule has 0 aliphatic carbocycles. The second-order valence-electron chi connectivity index (χ2n) is 5.86. The monoisotopic (exact) mass is 348 g/mol. The lowest BCUT2D eigenvalue weighted by Crippen LogP contribution is -2.43. The van der Waals surface area contributed by atoms with Gasteiger partial charge < -0.3 is 15.0 Å².